The average Bonchev–Trinajstić information content (AvgIpc) is 3.31. The SMILES string of the molecule is CCOC(=O)c1sc(N2C(=O)C(=O)/C(=C(/O)c3ccccc3)[C@@H]2c2cccc(Br)c2)nc1C. The fraction of sp³-hybridized carbons (Fsp3) is 0.167. The van der Waals surface area contributed by atoms with Crippen molar-refractivity contribution < 1.29 is 24.2 Å². The van der Waals surface area contributed by atoms with Crippen LogP contribution in [0.3, 0.4) is 0 Å². The van der Waals surface area contributed by atoms with Crippen LogP contribution in [0.1, 0.15) is 39.5 Å². The first-order valence-electron chi connectivity index (χ1n) is 10.1. The number of esters is 1. The molecule has 9 heteroatoms. The van der Waals surface area contributed by atoms with E-state index in [1.54, 1.807) is 62.4 Å². The van der Waals surface area contributed by atoms with Crippen LogP contribution in [-0.2, 0) is 14.3 Å². The molecule has 3 aromatic rings. The van der Waals surface area contributed by atoms with Crippen molar-refractivity contribution in [1.29, 1.82) is 0 Å². The molecule has 0 aliphatic carbocycles. The monoisotopic (exact) mass is 526 g/mol. The number of aliphatic hydroxyl groups is 1. The van der Waals surface area contributed by atoms with Crippen molar-refractivity contribution in [3.05, 3.63) is 86.3 Å². The van der Waals surface area contributed by atoms with E-state index in [1.165, 1.54) is 4.90 Å². The quantitative estimate of drug-likeness (QED) is 0.217. The molecule has 1 fully saturated rings. The summed E-state index contributed by atoms with van der Waals surface area (Å²) in [6.07, 6.45) is 0. The zero-order valence-corrected chi connectivity index (χ0v) is 20.1. The second kappa shape index (κ2) is 9.29. The number of aromatic nitrogens is 1. The number of carbonyl (C=O) groups is 3. The van der Waals surface area contributed by atoms with Gasteiger partial charge in [-0.2, -0.15) is 0 Å². The first-order chi connectivity index (χ1) is 15.8. The minimum Gasteiger partial charge on any atom is -0.507 e. The smallest absolute Gasteiger partial charge is 0.350 e. The van der Waals surface area contributed by atoms with Crippen LogP contribution in [0.2, 0.25) is 0 Å². The summed E-state index contributed by atoms with van der Waals surface area (Å²) in [6, 6.07) is 14.8. The van der Waals surface area contributed by atoms with Crippen LogP contribution in [-0.4, -0.2) is 34.4 Å². The Morgan fingerprint density at radius 2 is 1.91 bits per heavy atom. The Morgan fingerprint density at radius 1 is 1.18 bits per heavy atom. The number of carbonyl (C=O) groups excluding carboxylic acids is 3. The van der Waals surface area contributed by atoms with Crippen LogP contribution in [0.25, 0.3) is 5.76 Å². The molecule has 0 bridgehead atoms. The maximum absolute atomic E-state index is 13.2. The highest BCUT2D eigenvalue weighted by Crippen LogP contribution is 2.44. The van der Waals surface area contributed by atoms with Gasteiger partial charge in [-0.25, -0.2) is 9.78 Å². The normalized spacial score (nSPS) is 17.4. The fourth-order valence-corrected chi connectivity index (χ4v) is 5.05. The number of ketones is 1. The number of aryl methyl sites for hydroxylation is 1. The van der Waals surface area contributed by atoms with Gasteiger partial charge in [-0.15, -0.1) is 0 Å². The van der Waals surface area contributed by atoms with Crippen LogP contribution >= 0.6 is 27.3 Å². The van der Waals surface area contributed by atoms with E-state index in [-0.39, 0.29) is 27.9 Å². The van der Waals surface area contributed by atoms with Gasteiger partial charge in [-0.05, 0) is 31.5 Å². The van der Waals surface area contributed by atoms with Crippen molar-refractivity contribution in [2.24, 2.45) is 0 Å². The fourth-order valence-electron chi connectivity index (χ4n) is 3.64. The summed E-state index contributed by atoms with van der Waals surface area (Å²) < 4.78 is 5.83. The number of hydrogen-bond acceptors (Lipinski definition) is 7. The predicted octanol–water partition coefficient (Wildman–Crippen LogP) is 5.02. The van der Waals surface area contributed by atoms with E-state index in [1.807, 2.05) is 6.07 Å². The molecule has 0 radical (unpaired) electrons. The topological polar surface area (TPSA) is 96.8 Å². The Morgan fingerprint density at radius 3 is 2.58 bits per heavy atom. The standard InChI is InChI=1S/C24H19BrN2O5S/c1-3-32-23(31)21-13(2)26-24(33-21)27-18(15-10-7-11-16(25)12-15)17(20(29)22(27)30)19(28)14-8-5-4-6-9-14/h4-12,18,28H,3H2,1-2H3/b19-17+/t18-/m0/s1. The highest BCUT2D eigenvalue weighted by molar-refractivity contribution is 9.10. The molecule has 1 saturated heterocycles. The molecule has 4 rings (SSSR count). The van der Waals surface area contributed by atoms with Gasteiger partial charge in [0.15, 0.2) is 5.13 Å². The molecule has 1 amide bonds. The van der Waals surface area contributed by atoms with Gasteiger partial charge < -0.3 is 9.84 Å². The summed E-state index contributed by atoms with van der Waals surface area (Å²) in [5.41, 5.74) is 1.37. The first kappa shape index (κ1) is 22.9. The second-order valence-corrected chi connectivity index (χ2v) is 9.11. The van der Waals surface area contributed by atoms with Crippen LogP contribution in [0.4, 0.5) is 5.13 Å². The second-order valence-electron chi connectivity index (χ2n) is 7.22. The Bertz CT molecular complexity index is 1290. The lowest BCUT2D eigenvalue weighted by Gasteiger charge is -2.23. The molecule has 2 heterocycles. The summed E-state index contributed by atoms with van der Waals surface area (Å²) in [5.74, 6) is -2.48. The Kier molecular flexibility index (Phi) is 6.44. The number of amides is 1. The lowest BCUT2D eigenvalue weighted by molar-refractivity contribution is -0.132. The number of anilines is 1. The number of thiazole rings is 1. The van der Waals surface area contributed by atoms with Crippen molar-refractivity contribution in [2.45, 2.75) is 19.9 Å². The first-order valence-corrected chi connectivity index (χ1v) is 11.7. The third kappa shape index (κ3) is 4.21. The molecular weight excluding hydrogens is 508 g/mol. The number of ether oxygens (including phenoxy) is 1. The number of rotatable bonds is 5. The van der Waals surface area contributed by atoms with E-state index in [4.69, 9.17) is 4.74 Å². The lowest BCUT2D eigenvalue weighted by Crippen LogP contribution is -2.29. The maximum Gasteiger partial charge on any atom is 0.350 e. The largest absolute Gasteiger partial charge is 0.507 e. The number of benzene rings is 2. The molecular formula is C24H19BrN2O5S. The van der Waals surface area contributed by atoms with Gasteiger partial charge in [0.2, 0.25) is 0 Å². The average molecular weight is 527 g/mol. The number of aliphatic hydroxyl groups excluding tert-OH is 1. The zero-order valence-electron chi connectivity index (χ0n) is 17.7. The van der Waals surface area contributed by atoms with Gasteiger partial charge in [-0.3, -0.25) is 14.5 Å². The van der Waals surface area contributed by atoms with Gasteiger partial charge in [-0.1, -0.05) is 69.7 Å². The van der Waals surface area contributed by atoms with E-state index >= 15 is 0 Å². The van der Waals surface area contributed by atoms with Gasteiger partial charge in [0, 0.05) is 10.0 Å². The van der Waals surface area contributed by atoms with Gasteiger partial charge in [0.1, 0.15) is 10.6 Å². The molecule has 168 valence electrons. The maximum atomic E-state index is 13.2. The minimum absolute atomic E-state index is 0.0464. The van der Waals surface area contributed by atoms with E-state index in [2.05, 4.69) is 20.9 Å². The zero-order chi connectivity index (χ0) is 23.7. The third-order valence-corrected chi connectivity index (χ3v) is 6.74. The van der Waals surface area contributed by atoms with Crippen LogP contribution in [0.5, 0.6) is 0 Å². The summed E-state index contributed by atoms with van der Waals surface area (Å²) in [5, 5.41) is 11.2. The molecule has 1 aliphatic rings. The Labute approximate surface area is 202 Å². The Balaban J connectivity index is 1.92. The van der Waals surface area contributed by atoms with Gasteiger partial charge >= 0.3 is 11.9 Å². The van der Waals surface area contributed by atoms with Crippen LogP contribution in [0, 0.1) is 6.92 Å². The van der Waals surface area contributed by atoms with Crippen molar-refractivity contribution >= 4 is 55.8 Å². The van der Waals surface area contributed by atoms with Crippen molar-refractivity contribution in [3.63, 3.8) is 0 Å². The molecule has 0 unspecified atom stereocenters. The molecule has 1 aliphatic heterocycles. The summed E-state index contributed by atoms with van der Waals surface area (Å²) in [6.45, 7) is 3.54. The molecule has 0 saturated carbocycles. The van der Waals surface area contributed by atoms with E-state index < -0.39 is 23.7 Å². The van der Waals surface area contributed by atoms with Crippen LogP contribution < -0.4 is 4.90 Å². The van der Waals surface area contributed by atoms with Crippen LogP contribution in [0.15, 0.2) is 64.6 Å². The molecule has 1 atom stereocenters. The summed E-state index contributed by atoms with van der Waals surface area (Å²) in [7, 11) is 0. The van der Waals surface area contributed by atoms with E-state index in [0.29, 0.717) is 16.8 Å². The number of halogens is 1. The highest BCUT2D eigenvalue weighted by atomic mass is 79.9. The van der Waals surface area contributed by atoms with E-state index in [0.717, 1.165) is 15.8 Å². The number of hydrogen-bond donors (Lipinski definition) is 1. The van der Waals surface area contributed by atoms with Gasteiger partial charge in [0.05, 0.1) is 23.9 Å². The van der Waals surface area contributed by atoms with Crippen molar-refractivity contribution in [1.82, 2.24) is 4.98 Å². The highest BCUT2D eigenvalue weighted by Gasteiger charge is 2.48. The van der Waals surface area contributed by atoms with Crippen molar-refractivity contribution in [2.75, 3.05) is 11.5 Å². The number of Topliss-reactive ketones (excluding diaryl/α,β-unsaturated/α-hetero) is 1. The molecule has 0 spiro atoms. The third-order valence-electron chi connectivity index (χ3n) is 5.11. The molecule has 7 nitrogen and oxygen atoms in total. The van der Waals surface area contributed by atoms with Gasteiger partial charge in [0.25, 0.3) is 5.78 Å². The molecule has 1 aromatic heterocycles. The van der Waals surface area contributed by atoms with E-state index in [9.17, 15) is 19.5 Å². The lowest BCUT2D eigenvalue weighted by atomic mass is 9.95. The minimum atomic E-state index is -0.927. The number of nitrogens with zero attached hydrogens (tertiary/aromatic N) is 2. The molecule has 2 aromatic carbocycles. The summed E-state index contributed by atoms with van der Waals surface area (Å²) in [4.78, 5) is 44.6. The predicted molar refractivity (Wildman–Crippen MR) is 128 cm³/mol. The van der Waals surface area contributed by atoms with Crippen molar-refractivity contribution in [3.8, 4) is 0 Å². The molecule has 33 heavy (non-hydrogen) atoms. The Hall–Kier alpha value is -3.30. The summed E-state index contributed by atoms with van der Waals surface area (Å²) >= 11 is 4.40. The molecule has 1 N–H and O–H groups in total.